The molecule has 0 bridgehead atoms. The summed E-state index contributed by atoms with van der Waals surface area (Å²) in [5.74, 6) is 0.176. The van der Waals surface area contributed by atoms with E-state index >= 15 is 0 Å². The number of nitrogens with one attached hydrogen (secondary N) is 2. The van der Waals surface area contributed by atoms with Crippen molar-refractivity contribution in [2.24, 2.45) is 0 Å². The van der Waals surface area contributed by atoms with Crippen LogP contribution in [0.5, 0.6) is 0 Å². The molecular weight excluding hydrogens is 376 g/mol. The fourth-order valence-corrected chi connectivity index (χ4v) is 3.24. The fourth-order valence-electron chi connectivity index (χ4n) is 3.24. The van der Waals surface area contributed by atoms with E-state index in [1.807, 2.05) is 60.7 Å². The van der Waals surface area contributed by atoms with Gasteiger partial charge in [-0.3, -0.25) is 14.8 Å². The van der Waals surface area contributed by atoms with Gasteiger partial charge in [-0.05, 0) is 24.3 Å². The summed E-state index contributed by atoms with van der Waals surface area (Å²) >= 11 is 0. The maximum atomic E-state index is 12.6. The minimum absolute atomic E-state index is 0.213. The molecule has 0 saturated heterocycles. The van der Waals surface area contributed by atoms with E-state index in [-0.39, 0.29) is 11.6 Å². The van der Waals surface area contributed by atoms with E-state index < -0.39 is 0 Å². The Morgan fingerprint density at radius 1 is 0.667 bits per heavy atom. The maximum absolute atomic E-state index is 12.6. The van der Waals surface area contributed by atoms with Crippen LogP contribution in [0.25, 0.3) is 21.8 Å². The van der Waals surface area contributed by atoms with Crippen molar-refractivity contribution < 1.29 is 4.79 Å². The molecule has 0 saturated carbocycles. The van der Waals surface area contributed by atoms with E-state index in [2.05, 4.69) is 30.6 Å². The van der Waals surface area contributed by atoms with Gasteiger partial charge in [0.2, 0.25) is 0 Å². The molecule has 5 aromatic rings. The molecule has 5 rings (SSSR count). The Kier molecular flexibility index (Phi) is 4.46. The number of fused-ring (bicyclic) bond motifs is 2. The van der Waals surface area contributed by atoms with E-state index in [0.717, 1.165) is 27.5 Å². The minimum Gasteiger partial charge on any atom is -0.337 e. The van der Waals surface area contributed by atoms with Gasteiger partial charge < -0.3 is 10.6 Å². The quantitative estimate of drug-likeness (QED) is 0.465. The van der Waals surface area contributed by atoms with Gasteiger partial charge in [-0.2, -0.15) is 0 Å². The number of carbonyl (C=O) groups excluding carboxylic acids is 1. The van der Waals surface area contributed by atoms with Gasteiger partial charge in [-0.1, -0.05) is 36.4 Å². The first-order chi connectivity index (χ1) is 14.8. The van der Waals surface area contributed by atoms with Crippen molar-refractivity contribution in [1.29, 1.82) is 0 Å². The highest BCUT2D eigenvalue weighted by Gasteiger charge is 2.11. The van der Waals surface area contributed by atoms with E-state index in [9.17, 15) is 4.79 Å². The van der Waals surface area contributed by atoms with Crippen LogP contribution in [-0.4, -0.2) is 25.8 Å². The summed E-state index contributed by atoms with van der Waals surface area (Å²) in [4.78, 5) is 30.0. The third-order valence-corrected chi connectivity index (χ3v) is 4.66. The Bertz CT molecular complexity index is 1360. The van der Waals surface area contributed by atoms with Gasteiger partial charge in [-0.25, -0.2) is 9.97 Å². The summed E-state index contributed by atoms with van der Waals surface area (Å²) in [6, 6.07) is 19.2. The molecule has 7 heteroatoms. The lowest BCUT2D eigenvalue weighted by atomic mass is 10.2. The van der Waals surface area contributed by atoms with Crippen molar-refractivity contribution in [1.82, 2.24) is 19.9 Å². The molecule has 3 heterocycles. The zero-order chi connectivity index (χ0) is 20.3. The van der Waals surface area contributed by atoms with Crippen LogP contribution < -0.4 is 10.6 Å². The molecule has 0 unspecified atom stereocenters. The molecule has 0 aliphatic heterocycles. The van der Waals surface area contributed by atoms with E-state index in [4.69, 9.17) is 0 Å². The molecule has 2 aromatic carbocycles. The van der Waals surface area contributed by atoms with Gasteiger partial charge in [0, 0.05) is 23.2 Å². The van der Waals surface area contributed by atoms with Crippen molar-refractivity contribution >= 4 is 44.9 Å². The molecule has 0 fully saturated rings. The predicted octanol–water partition coefficient (Wildman–Crippen LogP) is 4.57. The van der Waals surface area contributed by atoms with Gasteiger partial charge in [0.05, 0.1) is 34.8 Å². The molecule has 0 radical (unpaired) electrons. The van der Waals surface area contributed by atoms with Crippen LogP contribution in [0.4, 0.5) is 17.2 Å². The number of amides is 1. The molecule has 3 aromatic heterocycles. The Balaban J connectivity index is 1.36. The third-order valence-electron chi connectivity index (χ3n) is 4.66. The Morgan fingerprint density at radius 3 is 1.97 bits per heavy atom. The highest BCUT2D eigenvalue weighted by molar-refractivity contribution is 6.07. The summed E-state index contributed by atoms with van der Waals surface area (Å²) < 4.78 is 0. The van der Waals surface area contributed by atoms with Gasteiger partial charge >= 0.3 is 0 Å². The lowest BCUT2D eigenvalue weighted by Gasteiger charge is -2.09. The average molecular weight is 392 g/mol. The smallest absolute Gasteiger partial charge is 0.275 e. The molecular formula is C23H16N6O. The largest absolute Gasteiger partial charge is 0.337 e. The van der Waals surface area contributed by atoms with Crippen LogP contribution in [0.2, 0.25) is 0 Å². The van der Waals surface area contributed by atoms with Crippen molar-refractivity contribution in [2.45, 2.75) is 0 Å². The maximum Gasteiger partial charge on any atom is 0.275 e. The van der Waals surface area contributed by atoms with Gasteiger partial charge in [0.15, 0.2) is 0 Å². The second-order valence-corrected chi connectivity index (χ2v) is 6.63. The van der Waals surface area contributed by atoms with Crippen LogP contribution in [0.1, 0.15) is 10.5 Å². The lowest BCUT2D eigenvalue weighted by molar-refractivity contribution is 0.102. The summed E-state index contributed by atoms with van der Waals surface area (Å²) in [7, 11) is 0. The molecule has 0 aliphatic carbocycles. The first-order valence-electron chi connectivity index (χ1n) is 9.36. The molecule has 1 amide bonds. The first kappa shape index (κ1) is 17.7. The normalized spacial score (nSPS) is 10.8. The number of carbonyl (C=O) groups is 1. The molecule has 30 heavy (non-hydrogen) atoms. The van der Waals surface area contributed by atoms with Gasteiger partial charge in [-0.15, -0.1) is 0 Å². The molecule has 0 aliphatic rings. The monoisotopic (exact) mass is 392 g/mol. The molecule has 0 atom stereocenters. The summed E-state index contributed by atoms with van der Waals surface area (Å²) in [6.07, 6.45) is 6.40. The molecule has 0 spiro atoms. The SMILES string of the molecule is O=C(Nc1cccc2cccnc12)c1cnc(Nc2cccc3cccnc23)cn1. The van der Waals surface area contributed by atoms with E-state index in [1.54, 1.807) is 12.4 Å². The Hall–Kier alpha value is -4.39. The minimum atomic E-state index is -0.348. The Labute approximate surface area is 171 Å². The van der Waals surface area contributed by atoms with Crippen LogP contribution >= 0.6 is 0 Å². The molecule has 2 N–H and O–H groups in total. The standard InChI is InChI=1S/C23H16N6O/c30-23(29-18-10-2-6-16-8-4-12-25-22(16)18)19-13-27-20(14-26-19)28-17-9-1-5-15-7-3-11-24-21(15)17/h1-14H,(H,27,28)(H,29,30). The first-order valence-corrected chi connectivity index (χ1v) is 9.36. The van der Waals surface area contributed by atoms with Crippen LogP contribution in [0, 0.1) is 0 Å². The number of anilines is 3. The topological polar surface area (TPSA) is 92.7 Å². The van der Waals surface area contributed by atoms with Crippen molar-refractivity contribution in [3.63, 3.8) is 0 Å². The van der Waals surface area contributed by atoms with E-state index in [1.165, 1.54) is 12.4 Å². The van der Waals surface area contributed by atoms with Crippen molar-refractivity contribution in [2.75, 3.05) is 10.6 Å². The van der Waals surface area contributed by atoms with Crippen molar-refractivity contribution in [3.8, 4) is 0 Å². The molecule has 7 nitrogen and oxygen atoms in total. The van der Waals surface area contributed by atoms with E-state index in [0.29, 0.717) is 11.5 Å². The highest BCUT2D eigenvalue weighted by atomic mass is 16.1. The fraction of sp³-hybridized carbons (Fsp3) is 0. The van der Waals surface area contributed by atoms with Crippen LogP contribution in [0.3, 0.4) is 0 Å². The summed E-state index contributed by atoms with van der Waals surface area (Å²) in [6.45, 7) is 0. The highest BCUT2D eigenvalue weighted by Crippen LogP contribution is 2.24. The Morgan fingerprint density at radius 2 is 1.30 bits per heavy atom. The number of rotatable bonds is 4. The predicted molar refractivity (Wildman–Crippen MR) is 117 cm³/mol. The summed E-state index contributed by atoms with van der Waals surface area (Å²) in [5.41, 5.74) is 3.23. The van der Waals surface area contributed by atoms with Gasteiger partial charge in [0.1, 0.15) is 11.5 Å². The number of para-hydroxylation sites is 2. The number of hydrogen-bond acceptors (Lipinski definition) is 6. The van der Waals surface area contributed by atoms with Gasteiger partial charge in [0.25, 0.3) is 5.91 Å². The number of hydrogen-bond donors (Lipinski definition) is 2. The summed E-state index contributed by atoms with van der Waals surface area (Å²) in [5, 5.41) is 8.04. The van der Waals surface area contributed by atoms with Crippen LogP contribution in [0.15, 0.2) is 85.5 Å². The second-order valence-electron chi connectivity index (χ2n) is 6.63. The lowest BCUT2D eigenvalue weighted by Crippen LogP contribution is -2.14. The van der Waals surface area contributed by atoms with Crippen LogP contribution in [-0.2, 0) is 0 Å². The van der Waals surface area contributed by atoms with Crippen molar-refractivity contribution in [3.05, 3.63) is 91.1 Å². The zero-order valence-corrected chi connectivity index (χ0v) is 15.8. The number of aromatic nitrogens is 4. The number of pyridine rings is 2. The average Bonchev–Trinajstić information content (AvgIpc) is 2.80. The zero-order valence-electron chi connectivity index (χ0n) is 15.8. The number of nitrogens with zero attached hydrogens (tertiary/aromatic N) is 4. The third kappa shape index (κ3) is 3.40. The second kappa shape index (κ2) is 7.56. The molecule has 144 valence electrons. The number of benzene rings is 2.